The molecule has 2 N–H and O–H groups in total. The predicted octanol–water partition coefficient (Wildman–Crippen LogP) is 3.12. The van der Waals surface area contributed by atoms with Crippen LogP contribution in [-0.4, -0.2) is 77.6 Å². The highest BCUT2D eigenvalue weighted by Gasteiger charge is 2.23. The van der Waals surface area contributed by atoms with E-state index in [9.17, 15) is 0 Å². The molecule has 2 aliphatic heterocycles. The molecule has 9 heteroatoms. The fraction of sp³-hybridized carbons (Fsp3) is 0.333. The summed E-state index contributed by atoms with van der Waals surface area (Å²) in [6, 6.07) is 14.9. The molecule has 36 heavy (non-hydrogen) atoms. The monoisotopic (exact) mass is 493 g/mol. The van der Waals surface area contributed by atoms with Crippen molar-refractivity contribution in [2.45, 2.75) is 13.0 Å². The van der Waals surface area contributed by atoms with Gasteiger partial charge >= 0.3 is 11.9 Å². The Kier molecular flexibility index (Phi) is 8.12. The molecule has 0 spiro atoms. The SMILES string of the molecule is C=CCn1cc(CCN2CCN(c3cccc4c3OCCO4)CC2)c2ccccc21.O=C(O)C(=O)O. The van der Waals surface area contributed by atoms with Crippen LogP contribution in [0.4, 0.5) is 5.69 Å². The number of ether oxygens (including phenoxy) is 2. The number of carboxylic acid groups (broad SMARTS) is 2. The number of rotatable bonds is 6. The van der Waals surface area contributed by atoms with Gasteiger partial charge in [0.15, 0.2) is 11.5 Å². The van der Waals surface area contributed by atoms with Crippen molar-refractivity contribution < 1.29 is 29.3 Å². The van der Waals surface area contributed by atoms with Gasteiger partial charge in [-0.3, -0.25) is 4.90 Å². The number of aliphatic carboxylic acids is 2. The quantitative estimate of drug-likeness (QED) is 0.399. The Balaban J connectivity index is 0.000000455. The second-order valence-electron chi connectivity index (χ2n) is 8.60. The zero-order valence-electron chi connectivity index (χ0n) is 20.1. The van der Waals surface area contributed by atoms with Crippen LogP contribution in [0.25, 0.3) is 10.9 Å². The van der Waals surface area contributed by atoms with Crippen LogP contribution in [0.15, 0.2) is 61.3 Å². The van der Waals surface area contributed by atoms with Crippen molar-refractivity contribution >= 4 is 28.5 Å². The molecule has 3 aromatic rings. The molecule has 2 aromatic carbocycles. The summed E-state index contributed by atoms with van der Waals surface area (Å²) in [5, 5.41) is 16.1. The van der Waals surface area contributed by atoms with Gasteiger partial charge in [-0.25, -0.2) is 9.59 Å². The maximum Gasteiger partial charge on any atom is 0.414 e. The Morgan fingerprint density at radius 1 is 0.944 bits per heavy atom. The molecule has 1 fully saturated rings. The van der Waals surface area contributed by atoms with Crippen molar-refractivity contribution in [3.05, 3.63) is 66.9 Å². The number of para-hydroxylation sites is 2. The molecule has 1 saturated heterocycles. The van der Waals surface area contributed by atoms with Crippen LogP contribution in [0.2, 0.25) is 0 Å². The number of allylic oxidation sites excluding steroid dienone is 1. The summed E-state index contributed by atoms with van der Waals surface area (Å²) in [4.78, 5) is 23.2. The summed E-state index contributed by atoms with van der Waals surface area (Å²) in [7, 11) is 0. The second-order valence-corrected chi connectivity index (χ2v) is 8.60. The average Bonchev–Trinajstić information content (AvgIpc) is 3.25. The van der Waals surface area contributed by atoms with E-state index < -0.39 is 11.9 Å². The molecule has 5 rings (SSSR count). The number of anilines is 1. The van der Waals surface area contributed by atoms with Crippen LogP contribution in [0.3, 0.4) is 0 Å². The molecule has 1 aromatic heterocycles. The van der Waals surface area contributed by atoms with E-state index in [1.807, 2.05) is 12.1 Å². The minimum atomic E-state index is -1.82. The maximum absolute atomic E-state index is 9.10. The number of carboxylic acids is 2. The van der Waals surface area contributed by atoms with Crippen molar-refractivity contribution in [2.24, 2.45) is 0 Å². The minimum absolute atomic E-state index is 0.628. The van der Waals surface area contributed by atoms with Gasteiger partial charge in [0, 0.05) is 56.4 Å². The topological polar surface area (TPSA) is 104 Å². The first-order chi connectivity index (χ1) is 17.5. The van der Waals surface area contributed by atoms with Crippen LogP contribution in [0, 0.1) is 0 Å². The number of fused-ring (bicyclic) bond motifs is 2. The van der Waals surface area contributed by atoms with Gasteiger partial charge in [0.25, 0.3) is 0 Å². The first-order valence-corrected chi connectivity index (χ1v) is 12.0. The normalized spacial score (nSPS) is 15.2. The summed E-state index contributed by atoms with van der Waals surface area (Å²) in [6.45, 7) is 11.3. The van der Waals surface area contributed by atoms with Crippen molar-refractivity contribution in [3.8, 4) is 11.5 Å². The van der Waals surface area contributed by atoms with Crippen molar-refractivity contribution in [2.75, 3.05) is 50.8 Å². The summed E-state index contributed by atoms with van der Waals surface area (Å²) in [5.74, 6) is -1.87. The number of carbonyl (C=O) groups is 2. The third-order valence-corrected chi connectivity index (χ3v) is 6.34. The third kappa shape index (κ3) is 5.80. The van der Waals surface area contributed by atoms with E-state index in [-0.39, 0.29) is 0 Å². The summed E-state index contributed by atoms with van der Waals surface area (Å²) in [6.07, 6.45) is 5.34. The van der Waals surface area contributed by atoms with E-state index in [4.69, 9.17) is 29.3 Å². The van der Waals surface area contributed by atoms with Crippen LogP contribution in [-0.2, 0) is 22.6 Å². The molecule has 0 bridgehead atoms. The number of hydrogen-bond acceptors (Lipinski definition) is 6. The molecule has 0 saturated carbocycles. The van der Waals surface area contributed by atoms with Gasteiger partial charge in [0.1, 0.15) is 13.2 Å². The third-order valence-electron chi connectivity index (χ3n) is 6.34. The minimum Gasteiger partial charge on any atom is -0.486 e. The number of aromatic nitrogens is 1. The zero-order chi connectivity index (χ0) is 25.5. The van der Waals surface area contributed by atoms with Gasteiger partial charge < -0.3 is 29.2 Å². The van der Waals surface area contributed by atoms with E-state index in [0.29, 0.717) is 13.2 Å². The van der Waals surface area contributed by atoms with Crippen LogP contribution < -0.4 is 14.4 Å². The Morgan fingerprint density at radius 3 is 2.39 bits per heavy atom. The predicted molar refractivity (Wildman–Crippen MR) is 137 cm³/mol. The lowest BCUT2D eigenvalue weighted by Crippen LogP contribution is -2.47. The lowest BCUT2D eigenvalue weighted by atomic mass is 10.1. The molecular weight excluding hydrogens is 462 g/mol. The molecule has 0 atom stereocenters. The van der Waals surface area contributed by atoms with Gasteiger partial charge in [-0.05, 0) is 30.2 Å². The van der Waals surface area contributed by atoms with Crippen molar-refractivity contribution in [3.63, 3.8) is 0 Å². The fourth-order valence-corrected chi connectivity index (χ4v) is 4.61. The Labute approximate surface area is 209 Å². The fourth-order valence-electron chi connectivity index (χ4n) is 4.61. The van der Waals surface area contributed by atoms with Crippen LogP contribution in [0.1, 0.15) is 5.56 Å². The highest BCUT2D eigenvalue weighted by atomic mass is 16.6. The Morgan fingerprint density at radius 2 is 1.67 bits per heavy atom. The Hall–Kier alpha value is -3.98. The number of piperazine rings is 1. The van der Waals surface area contributed by atoms with Gasteiger partial charge in [-0.2, -0.15) is 0 Å². The first kappa shape index (κ1) is 25.1. The highest BCUT2D eigenvalue weighted by Crippen LogP contribution is 2.39. The van der Waals surface area contributed by atoms with Crippen molar-refractivity contribution in [1.82, 2.24) is 9.47 Å². The molecule has 2 aliphatic rings. The smallest absolute Gasteiger partial charge is 0.414 e. The molecule has 0 radical (unpaired) electrons. The summed E-state index contributed by atoms with van der Waals surface area (Å²) in [5.41, 5.74) is 3.89. The second kappa shape index (κ2) is 11.6. The van der Waals surface area contributed by atoms with E-state index in [1.54, 1.807) is 0 Å². The molecule has 0 aliphatic carbocycles. The lowest BCUT2D eigenvalue weighted by Gasteiger charge is -2.37. The molecule has 3 heterocycles. The van der Waals surface area contributed by atoms with Crippen molar-refractivity contribution in [1.29, 1.82) is 0 Å². The molecule has 0 amide bonds. The van der Waals surface area contributed by atoms with E-state index in [0.717, 1.165) is 57.2 Å². The molecule has 190 valence electrons. The average molecular weight is 494 g/mol. The first-order valence-electron chi connectivity index (χ1n) is 12.0. The molecule has 9 nitrogen and oxygen atoms in total. The summed E-state index contributed by atoms with van der Waals surface area (Å²) < 4.78 is 14.0. The van der Waals surface area contributed by atoms with E-state index in [2.05, 4.69) is 63.5 Å². The van der Waals surface area contributed by atoms with Crippen LogP contribution in [0.5, 0.6) is 11.5 Å². The Bertz CT molecular complexity index is 1220. The van der Waals surface area contributed by atoms with Gasteiger partial charge in [0.2, 0.25) is 0 Å². The van der Waals surface area contributed by atoms with E-state index in [1.165, 1.54) is 22.2 Å². The molecular formula is C27H31N3O6. The number of hydrogen-bond donors (Lipinski definition) is 2. The standard InChI is InChI=1S/C25H29N3O2.C2H2O4/c1-2-11-28-19-20(21-6-3-4-7-22(21)28)10-12-26-13-15-27(16-14-26)23-8-5-9-24-25(23)30-18-17-29-24;3-1(4)2(5)6/h2-9,19H,1,10-18H2;(H,3,4)(H,5,6). The summed E-state index contributed by atoms with van der Waals surface area (Å²) >= 11 is 0. The largest absolute Gasteiger partial charge is 0.486 e. The number of nitrogens with zero attached hydrogens (tertiary/aromatic N) is 3. The van der Waals surface area contributed by atoms with Gasteiger partial charge in [0.05, 0.1) is 5.69 Å². The van der Waals surface area contributed by atoms with Gasteiger partial charge in [-0.1, -0.05) is 30.3 Å². The number of benzene rings is 2. The van der Waals surface area contributed by atoms with E-state index >= 15 is 0 Å². The maximum atomic E-state index is 9.10. The zero-order valence-corrected chi connectivity index (χ0v) is 20.1. The highest BCUT2D eigenvalue weighted by molar-refractivity contribution is 6.27. The van der Waals surface area contributed by atoms with Gasteiger partial charge in [-0.15, -0.1) is 6.58 Å². The lowest BCUT2D eigenvalue weighted by molar-refractivity contribution is -0.159. The molecule has 0 unspecified atom stereocenters. The van der Waals surface area contributed by atoms with Crippen LogP contribution >= 0.6 is 0 Å².